The third-order valence-electron chi connectivity index (χ3n) is 4.70. The number of carbonyl (C=O) groups is 1. The van der Waals surface area contributed by atoms with Crippen LogP contribution in [0.3, 0.4) is 0 Å². The van der Waals surface area contributed by atoms with E-state index in [1.54, 1.807) is 30.3 Å². The SMILES string of the molecule is CCOc1ccc(C(=O)NCCc2ccc(S(=O)(=O)N(CC)CC)cc2)cc1C. The Morgan fingerprint density at radius 1 is 1.03 bits per heavy atom. The molecule has 0 spiro atoms. The molecule has 29 heavy (non-hydrogen) atoms. The van der Waals surface area contributed by atoms with Gasteiger partial charge in [-0.1, -0.05) is 26.0 Å². The van der Waals surface area contributed by atoms with Gasteiger partial charge < -0.3 is 10.1 Å². The molecule has 0 radical (unpaired) electrons. The molecule has 0 aliphatic carbocycles. The Morgan fingerprint density at radius 3 is 2.24 bits per heavy atom. The number of benzene rings is 2. The first-order chi connectivity index (χ1) is 13.8. The molecule has 0 aliphatic rings. The molecule has 0 saturated heterocycles. The Bertz CT molecular complexity index is 920. The zero-order chi connectivity index (χ0) is 21.4. The summed E-state index contributed by atoms with van der Waals surface area (Å²) in [5.74, 6) is 0.640. The average molecular weight is 419 g/mol. The number of hydrogen-bond donors (Lipinski definition) is 1. The highest BCUT2D eigenvalue weighted by atomic mass is 32.2. The van der Waals surface area contributed by atoms with Crippen LogP contribution in [0.1, 0.15) is 42.3 Å². The number of nitrogens with zero attached hydrogens (tertiary/aromatic N) is 1. The van der Waals surface area contributed by atoms with Crippen LogP contribution < -0.4 is 10.1 Å². The number of rotatable bonds is 10. The fraction of sp³-hybridized carbons (Fsp3) is 0.409. The standard InChI is InChI=1S/C22H30N2O4S/c1-5-24(6-2)29(26,27)20-11-8-18(9-12-20)14-15-23-22(25)19-10-13-21(28-7-3)17(4)16-19/h8-13,16H,5-7,14-15H2,1-4H3,(H,23,25). The van der Waals surface area contributed by atoms with Gasteiger partial charge in [0.25, 0.3) is 5.91 Å². The molecular formula is C22H30N2O4S. The lowest BCUT2D eigenvalue weighted by molar-refractivity contribution is 0.0954. The van der Waals surface area contributed by atoms with Gasteiger partial charge in [0.05, 0.1) is 11.5 Å². The molecule has 0 saturated carbocycles. The first-order valence-electron chi connectivity index (χ1n) is 9.94. The predicted octanol–water partition coefficient (Wildman–Crippen LogP) is 3.40. The van der Waals surface area contributed by atoms with E-state index in [0.717, 1.165) is 16.9 Å². The summed E-state index contributed by atoms with van der Waals surface area (Å²) in [6.45, 7) is 9.42. The van der Waals surface area contributed by atoms with Crippen LogP contribution in [0.25, 0.3) is 0 Å². The van der Waals surface area contributed by atoms with Gasteiger partial charge in [-0.15, -0.1) is 0 Å². The molecule has 158 valence electrons. The van der Waals surface area contributed by atoms with Crippen molar-refractivity contribution >= 4 is 15.9 Å². The number of sulfonamides is 1. The number of aryl methyl sites for hydroxylation is 1. The van der Waals surface area contributed by atoms with Crippen LogP contribution in [-0.4, -0.2) is 44.9 Å². The number of carbonyl (C=O) groups excluding carboxylic acids is 1. The smallest absolute Gasteiger partial charge is 0.251 e. The molecule has 0 heterocycles. The number of hydrogen-bond acceptors (Lipinski definition) is 4. The van der Waals surface area contributed by atoms with Crippen LogP contribution >= 0.6 is 0 Å². The van der Waals surface area contributed by atoms with Gasteiger partial charge in [0.2, 0.25) is 10.0 Å². The Hall–Kier alpha value is -2.38. The molecule has 0 unspecified atom stereocenters. The summed E-state index contributed by atoms with van der Waals surface area (Å²) in [6, 6.07) is 12.2. The van der Waals surface area contributed by atoms with Crippen molar-refractivity contribution in [1.82, 2.24) is 9.62 Å². The van der Waals surface area contributed by atoms with Crippen LogP contribution in [-0.2, 0) is 16.4 Å². The molecule has 0 aliphatic heterocycles. The zero-order valence-electron chi connectivity index (χ0n) is 17.6. The minimum absolute atomic E-state index is 0.142. The van der Waals surface area contributed by atoms with Crippen molar-refractivity contribution < 1.29 is 17.9 Å². The summed E-state index contributed by atoms with van der Waals surface area (Å²) in [4.78, 5) is 12.6. The topological polar surface area (TPSA) is 75.7 Å². The number of ether oxygens (including phenoxy) is 1. The fourth-order valence-corrected chi connectivity index (χ4v) is 4.53. The first-order valence-corrected chi connectivity index (χ1v) is 11.4. The Kier molecular flexibility index (Phi) is 8.22. The molecule has 1 N–H and O–H groups in total. The highest BCUT2D eigenvalue weighted by Gasteiger charge is 2.21. The van der Waals surface area contributed by atoms with Crippen LogP contribution in [0.15, 0.2) is 47.4 Å². The number of amides is 1. The average Bonchev–Trinajstić information content (AvgIpc) is 2.70. The summed E-state index contributed by atoms with van der Waals surface area (Å²) >= 11 is 0. The Morgan fingerprint density at radius 2 is 1.69 bits per heavy atom. The van der Waals surface area contributed by atoms with Gasteiger partial charge in [0, 0.05) is 25.2 Å². The van der Waals surface area contributed by atoms with Crippen molar-refractivity contribution in [1.29, 1.82) is 0 Å². The van der Waals surface area contributed by atoms with Crippen LogP contribution in [0.2, 0.25) is 0 Å². The summed E-state index contributed by atoms with van der Waals surface area (Å²) in [5.41, 5.74) is 2.47. The lowest BCUT2D eigenvalue weighted by Gasteiger charge is -2.18. The van der Waals surface area contributed by atoms with Crippen molar-refractivity contribution in [2.45, 2.75) is 39.0 Å². The van der Waals surface area contributed by atoms with Gasteiger partial charge in [0.1, 0.15) is 5.75 Å². The maximum Gasteiger partial charge on any atom is 0.251 e. The Balaban J connectivity index is 1.94. The van der Waals surface area contributed by atoms with Gasteiger partial charge in [-0.25, -0.2) is 8.42 Å². The minimum atomic E-state index is -3.45. The van der Waals surface area contributed by atoms with E-state index in [-0.39, 0.29) is 5.91 Å². The van der Waals surface area contributed by atoms with E-state index in [1.807, 2.05) is 39.8 Å². The van der Waals surface area contributed by atoms with Gasteiger partial charge in [-0.3, -0.25) is 4.79 Å². The van der Waals surface area contributed by atoms with E-state index in [0.29, 0.717) is 43.1 Å². The molecule has 2 rings (SSSR count). The van der Waals surface area contributed by atoms with Gasteiger partial charge >= 0.3 is 0 Å². The maximum absolute atomic E-state index is 12.5. The fourth-order valence-electron chi connectivity index (χ4n) is 3.07. The maximum atomic E-state index is 12.5. The minimum Gasteiger partial charge on any atom is -0.494 e. The lowest BCUT2D eigenvalue weighted by Crippen LogP contribution is -2.30. The normalized spacial score (nSPS) is 11.5. The molecule has 2 aromatic carbocycles. The largest absolute Gasteiger partial charge is 0.494 e. The van der Waals surface area contributed by atoms with Crippen molar-refractivity contribution in [3.63, 3.8) is 0 Å². The summed E-state index contributed by atoms with van der Waals surface area (Å²) in [7, 11) is -3.45. The summed E-state index contributed by atoms with van der Waals surface area (Å²) in [6.07, 6.45) is 0.618. The number of nitrogens with one attached hydrogen (secondary N) is 1. The predicted molar refractivity (Wildman–Crippen MR) is 115 cm³/mol. The van der Waals surface area contributed by atoms with E-state index in [4.69, 9.17) is 4.74 Å². The molecule has 6 nitrogen and oxygen atoms in total. The van der Waals surface area contributed by atoms with E-state index in [9.17, 15) is 13.2 Å². The third kappa shape index (κ3) is 5.81. The molecule has 7 heteroatoms. The van der Waals surface area contributed by atoms with Crippen LogP contribution in [0, 0.1) is 6.92 Å². The molecular weight excluding hydrogens is 388 g/mol. The molecule has 0 atom stereocenters. The van der Waals surface area contributed by atoms with Crippen molar-refractivity contribution in [2.75, 3.05) is 26.2 Å². The quantitative estimate of drug-likeness (QED) is 0.642. The van der Waals surface area contributed by atoms with Crippen molar-refractivity contribution in [2.24, 2.45) is 0 Å². The molecule has 0 aromatic heterocycles. The van der Waals surface area contributed by atoms with Crippen LogP contribution in [0.4, 0.5) is 0 Å². The second-order valence-corrected chi connectivity index (χ2v) is 8.59. The molecule has 2 aromatic rings. The monoisotopic (exact) mass is 418 g/mol. The zero-order valence-corrected chi connectivity index (χ0v) is 18.4. The first kappa shape index (κ1) is 22.9. The van der Waals surface area contributed by atoms with E-state index >= 15 is 0 Å². The molecule has 0 fully saturated rings. The highest BCUT2D eigenvalue weighted by Crippen LogP contribution is 2.19. The second-order valence-electron chi connectivity index (χ2n) is 6.65. The summed E-state index contributed by atoms with van der Waals surface area (Å²) < 4.78 is 32.0. The van der Waals surface area contributed by atoms with Gasteiger partial charge in [-0.2, -0.15) is 4.31 Å². The molecule has 1 amide bonds. The second kappa shape index (κ2) is 10.4. The third-order valence-corrected chi connectivity index (χ3v) is 6.77. The van der Waals surface area contributed by atoms with Crippen LogP contribution in [0.5, 0.6) is 5.75 Å². The highest BCUT2D eigenvalue weighted by molar-refractivity contribution is 7.89. The van der Waals surface area contributed by atoms with E-state index < -0.39 is 10.0 Å². The van der Waals surface area contributed by atoms with Crippen molar-refractivity contribution in [3.05, 3.63) is 59.2 Å². The van der Waals surface area contributed by atoms with E-state index in [2.05, 4.69) is 5.32 Å². The lowest BCUT2D eigenvalue weighted by atomic mass is 10.1. The molecule has 0 bridgehead atoms. The summed E-state index contributed by atoms with van der Waals surface area (Å²) in [5, 5.41) is 2.90. The van der Waals surface area contributed by atoms with E-state index in [1.165, 1.54) is 4.31 Å². The Labute approximate surface area is 173 Å². The van der Waals surface area contributed by atoms with Gasteiger partial charge in [0.15, 0.2) is 0 Å². The van der Waals surface area contributed by atoms with Crippen molar-refractivity contribution in [3.8, 4) is 5.75 Å². The van der Waals surface area contributed by atoms with Gasteiger partial charge in [-0.05, 0) is 61.7 Å².